The summed E-state index contributed by atoms with van der Waals surface area (Å²) < 4.78 is 38.4. The molecule has 0 fully saturated rings. The van der Waals surface area contributed by atoms with E-state index in [4.69, 9.17) is 5.73 Å². The molecule has 0 aliphatic rings. The number of H-pyrrole nitrogens is 1. The number of benzene rings is 1. The summed E-state index contributed by atoms with van der Waals surface area (Å²) in [6.07, 6.45) is -3.76. The van der Waals surface area contributed by atoms with E-state index in [0.717, 1.165) is 17.3 Å². The number of hydrogen-bond acceptors (Lipinski definition) is 1. The van der Waals surface area contributed by atoms with Crippen molar-refractivity contribution in [3.63, 3.8) is 0 Å². The molecule has 2 aromatic rings. The first-order valence-corrected chi connectivity index (χ1v) is 5.32. The van der Waals surface area contributed by atoms with Crippen LogP contribution in [0.1, 0.15) is 18.2 Å². The van der Waals surface area contributed by atoms with E-state index in [1.165, 1.54) is 6.07 Å². The van der Waals surface area contributed by atoms with Crippen LogP contribution in [0.2, 0.25) is 0 Å². The lowest BCUT2D eigenvalue weighted by Gasteiger charge is -2.07. The van der Waals surface area contributed by atoms with Crippen molar-refractivity contribution in [2.24, 2.45) is 5.73 Å². The maximum atomic E-state index is 12.8. The van der Waals surface area contributed by atoms with Gasteiger partial charge < -0.3 is 23.1 Å². The Balaban J connectivity index is 0.00000162. The molecular formula is C12H14ClF3N2. The molecule has 0 spiro atoms. The van der Waals surface area contributed by atoms with Crippen LogP contribution in [0, 0.1) is 6.92 Å². The third kappa shape index (κ3) is 2.47. The predicted octanol–water partition coefficient (Wildman–Crippen LogP) is 0.113. The second kappa shape index (κ2) is 5.20. The number of alkyl halides is 3. The van der Waals surface area contributed by atoms with Crippen molar-refractivity contribution in [2.75, 3.05) is 6.54 Å². The third-order valence-corrected chi connectivity index (χ3v) is 2.85. The first-order chi connectivity index (χ1) is 7.95. The monoisotopic (exact) mass is 278 g/mol. The number of aromatic nitrogens is 1. The van der Waals surface area contributed by atoms with Crippen molar-refractivity contribution >= 4 is 10.9 Å². The van der Waals surface area contributed by atoms with Crippen molar-refractivity contribution in [1.29, 1.82) is 0 Å². The summed E-state index contributed by atoms with van der Waals surface area (Å²) in [5, 5.41) is 0.614. The van der Waals surface area contributed by atoms with Gasteiger partial charge in [-0.05, 0) is 31.5 Å². The topological polar surface area (TPSA) is 41.8 Å². The highest BCUT2D eigenvalue weighted by Crippen LogP contribution is 2.36. The molecule has 0 amide bonds. The standard InChI is InChI=1S/C12H13F3N2.ClH/c1-7-8(5-6-16)9-3-2-4-10(11(9)17-7)12(13,14)15;/h2-4,17H,5-6,16H2,1H3;1H. The number of hydrogen-bond donors (Lipinski definition) is 2. The molecule has 2 nitrogen and oxygen atoms in total. The minimum atomic E-state index is -4.34. The molecule has 0 saturated heterocycles. The second-order valence-electron chi connectivity index (χ2n) is 3.99. The molecule has 1 aromatic carbocycles. The van der Waals surface area contributed by atoms with Crippen molar-refractivity contribution in [2.45, 2.75) is 19.5 Å². The van der Waals surface area contributed by atoms with Crippen molar-refractivity contribution in [3.05, 3.63) is 35.0 Å². The molecule has 18 heavy (non-hydrogen) atoms. The molecule has 2 rings (SSSR count). The van der Waals surface area contributed by atoms with Crippen LogP contribution in [0.3, 0.4) is 0 Å². The Labute approximate surface area is 110 Å². The molecule has 0 atom stereocenters. The number of fused-ring (bicyclic) bond motifs is 1. The lowest BCUT2D eigenvalue weighted by Crippen LogP contribution is -3.00. The fourth-order valence-corrected chi connectivity index (χ4v) is 2.11. The molecule has 6 heteroatoms. The number of nitrogens with two attached hydrogens (primary N) is 1. The van der Waals surface area contributed by atoms with E-state index in [0.29, 0.717) is 18.4 Å². The molecule has 0 aliphatic heterocycles. The number of rotatable bonds is 2. The van der Waals surface area contributed by atoms with Gasteiger partial charge in [-0.3, -0.25) is 0 Å². The van der Waals surface area contributed by atoms with Crippen LogP contribution in [-0.4, -0.2) is 11.5 Å². The minimum Gasteiger partial charge on any atom is -1.00 e. The molecule has 1 heterocycles. The van der Waals surface area contributed by atoms with E-state index in [2.05, 4.69) is 4.98 Å². The molecule has 0 saturated carbocycles. The first kappa shape index (κ1) is 14.9. The summed E-state index contributed by atoms with van der Waals surface area (Å²) in [5.41, 5.74) is 6.62. The van der Waals surface area contributed by atoms with Gasteiger partial charge in [0.1, 0.15) is 0 Å². The number of nitrogens with one attached hydrogen (secondary N) is 1. The van der Waals surface area contributed by atoms with Gasteiger partial charge in [-0.1, -0.05) is 12.1 Å². The van der Waals surface area contributed by atoms with Gasteiger partial charge in [0.15, 0.2) is 0 Å². The van der Waals surface area contributed by atoms with Gasteiger partial charge in [0, 0.05) is 11.1 Å². The van der Waals surface area contributed by atoms with E-state index in [1.54, 1.807) is 13.0 Å². The molecular weight excluding hydrogens is 265 g/mol. The van der Waals surface area contributed by atoms with Gasteiger partial charge in [-0.2, -0.15) is 13.2 Å². The summed E-state index contributed by atoms with van der Waals surface area (Å²) in [7, 11) is 0. The Kier molecular flexibility index (Phi) is 4.29. The average Bonchev–Trinajstić information content (AvgIpc) is 2.54. The summed E-state index contributed by atoms with van der Waals surface area (Å²) in [6, 6.07) is 4.21. The second-order valence-corrected chi connectivity index (χ2v) is 3.99. The van der Waals surface area contributed by atoms with Crippen molar-refractivity contribution in [1.82, 2.24) is 4.98 Å². The van der Waals surface area contributed by atoms with Gasteiger partial charge >= 0.3 is 7.60 Å². The van der Waals surface area contributed by atoms with Crippen molar-refractivity contribution < 1.29 is 27.0 Å². The molecule has 3 N–H and O–H groups in total. The Morgan fingerprint density at radius 2 is 2.00 bits per heavy atom. The fourth-order valence-electron chi connectivity index (χ4n) is 2.11. The Morgan fingerprint density at radius 3 is 2.56 bits per heavy atom. The van der Waals surface area contributed by atoms with E-state index in [-0.39, 0.29) is 19.4 Å². The van der Waals surface area contributed by atoms with E-state index in [9.17, 15) is 13.2 Å². The zero-order valence-electron chi connectivity index (χ0n) is 10.7. The molecule has 0 bridgehead atoms. The van der Waals surface area contributed by atoms with Gasteiger partial charge in [0.25, 0.3) is 0 Å². The number of aromatic amines is 1. The largest absolute Gasteiger partial charge is 1.00 e. The number of halogens is 4. The van der Waals surface area contributed by atoms with Gasteiger partial charge in [-0.25, -0.2) is 0 Å². The summed E-state index contributed by atoms with van der Waals surface area (Å²) in [4.78, 5) is 2.81. The van der Waals surface area contributed by atoms with Crippen LogP contribution in [0.15, 0.2) is 18.2 Å². The van der Waals surface area contributed by atoms with Gasteiger partial charge in [0.05, 0.1) is 11.1 Å². The highest BCUT2D eigenvalue weighted by molar-refractivity contribution is 5.87. The summed E-state index contributed by atoms with van der Waals surface area (Å²) in [6.45, 7) is 2.19. The molecule has 100 valence electrons. The molecule has 0 aliphatic carbocycles. The number of para-hydroxylation sites is 1. The Bertz CT molecular complexity index is 552. The van der Waals surface area contributed by atoms with E-state index < -0.39 is 11.7 Å². The highest BCUT2D eigenvalue weighted by Gasteiger charge is 2.33. The third-order valence-electron chi connectivity index (χ3n) is 2.85. The van der Waals surface area contributed by atoms with E-state index >= 15 is 0 Å². The van der Waals surface area contributed by atoms with Crippen LogP contribution in [-0.2, 0) is 12.6 Å². The van der Waals surface area contributed by atoms with Crippen LogP contribution in [0.5, 0.6) is 0 Å². The smallest absolute Gasteiger partial charge is 1.00 e. The Hall–Kier alpha value is -1.20. The summed E-state index contributed by atoms with van der Waals surface area (Å²) in [5.74, 6) is 0. The molecule has 1 aromatic heterocycles. The average molecular weight is 279 g/mol. The van der Waals surface area contributed by atoms with Gasteiger partial charge in [-0.15, -0.1) is 0 Å². The normalized spacial score (nSPS) is 11.6. The maximum Gasteiger partial charge on any atom is 1.00 e. The zero-order chi connectivity index (χ0) is 12.6. The van der Waals surface area contributed by atoms with Gasteiger partial charge in [0.2, 0.25) is 0 Å². The lowest BCUT2D eigenvalue weighted by atomic mass is 10.1. The molecule has 0 unspecified atom stereocenters. The maximum absolute atomic E-state index is 12.8. The van der Waals surface area contributed by atoms with Crippen molar-refractivity contribution in [3.8, 4) is 0 Å². The lowest BCUT2D eigenvalue weighted by molar-refractivity contribution is -0.136. The summed E-state index contributed by atoms with van der Waals surface area (Å²) >= 11 is 0. The minimum absolute atomic E-state index is 0. The molecule has 0 radical (unpaired) electrons. The Morgan fingerprint density at radius 1 is 1.33 bits per heavy atom. The first-order valence-electron chi connectivity index (χ1n) is 5.32. The predicted molar refractivity (Wildman–Crippen MR) is 61.9 cm³/mol. The fraction of sp³-hybridized carbons (Fsp3) is 0.333. The highest BCUT2D eigenvalue weighted by atomic mass is 35.5. The SMILES string of the molecule is Cc1[nH]c2c(C(F)(F)F)cccc2c1CCN.[Cl-].[H+]. The van der Waals surface area contributed by atoms with Crippen LogP contribution < -0.4 is 18.1 Å². The quantitative estimate of drug-likeness (QED) is 0.805. The zero-order valence-corrected chi connectivity index (χ0v) is 10.5. The van der Waals surface area contributed by atoms with Crippen LogP contribution >= 0.6 is 0 Å². The van der Waals surface area contributed by atoms with Crippen LogP contribution in [0.25, 0.3) is 10.9 Å². The van der Waals surface area contributed by atoms with E-state index in [1.807, 2.05) is 0 Å². The number of aryl methyl sites for hydroxylation is 1. The van der Waals surface area contributed by atoms with Crippen LogP contribution in [0.4, 0.5) is 13.2 Å².